The Kier molecular flexibility index (Phi) is 3.70. The number of carbonyl (C=O) groups excluding carboxylic acids is 1. The molecule has 8 heteroatoms. The van der Waals surface area contributed by atoms with Crippen molar-refractivity contribution in [2.24, 2.45) is 0 Å². The number of rotatable bonds is 4. The van der Waals surface area contributed by atoms with Crippen LogP contribution in [-0.4, -0.2) is 21.9 Å². The molecule has 1 aromatic rings. The number of aliphatic carboxylic acids is 1. The number of anilines is 1. The predicted molar refractivity (Wildman–Crippen MR) is 53.9 cm³/mol. The lowest BCUT2D eigenvalue weighted by Gasteiger charge is -2.05. The van der Waals surface area contributed by atoms with Gasteiger partial charge in [0.25, 0.3) is 5.69 Å². The van der Waals surface area contributed by atoms with Crippen LogP contribution in [0.5, 0.6) is 0 Å². The molecule has 0 fully saturated rings. The summed E-state index contributed by atoms with van der Waals surface area (Å²) < 4.78 is 13.2. The minimum absolute atomic E-state index is 0.635. The Morgan fingerprint density at radius 3 is 2.65 bits per heavy atom. The Morgan fingerprint density at radius 1 is 1.47 bits per heavy atom. The molecule has 0 aliphatic carbocycles. The zero-order chi connectivity index (χ0) is 13.0. The molecule has 7 nitrogen and oxygen atoms in total. The second-order valence-electron chi connectivity index (χ2n) is 3.01. The highest BCUT2D eigenvalue weighted by Crippen LogP contribution is 2.26. The van der Waals surface area contributed by atoms with Gasteiger partial charge in [0, 0.05) is 6.07 Å². The van der Waals surface area contributed by atoms with E-state index in [-0.39, 0.29) is 0 Å². The molecule has 2 N–H and O–H groups in total. The van der Waals surface area contributed by atoms with E-state index in [1.54, 1.807) is 0 Å². The van der Waals surface area contributed by atoms with Crippen molar-refractivity contribution in [3.8, 4) is 0 Å². The molecule has 0 heterocycles. The van der Waals surface area contributed by atoms with E-state index in [0.29, 0.717) is 0 Å². The number of carboxylic acids is 1. The largest absolute Gasteiger partial charge is 0.481 e. The highest BCUT2D eigenvalue weighted by molar-refractivity contribution is 6.02. The van der Waals surface area contributed by atoms with Crippen LogP contribution in [-0.2, 0) is 9.59 Å². The van der Waals surface area contributed by atoms with Gasteiger partial charge in [-0.1, -0.05) is 6.07 Å². The van der Waals surface area contributed by atoms with Gasteiger partial charge in [-0.2, -0.15) is 0 Å². The van der Waals surface area contributed by atoms with Gasteiger partial charge in [-0.05, 0) is 6.07 Å². The summed E-state index contributed by atoms with van der Waals surface area (Å²) in [6.07, 6.45) is -0.897. The van der Waals surface area contributed by atoms with Gasteiger partial charge >= 0.3 is 5.97 Å². The molecule has 0 aliphatic rings. The maximum Gasteiger partial charge on any atom is 0.312 e. The summed E-state index contributed by atoms with van der Waals surface area (Å²) >= 11 is 0. The fraction of sp³-hybridized carbons (Fsp3) is 0.111. The van der Waals surface area contributed by atoms with Gasteiger partial charge in [-0.3, -0.25) is 19.7 Å². The summed E-state index contributed by atoms with van der Waals surface area (Å²) in [5.41, 5.74) is -1.27. The molecule has 90 valence electrons. The van der Waals surface area contributed by atoms with E-state index < -0.39 is 40.4 Å². The molecule has 1 amide bonds. The van der Waals surface area contributed by atoms with Crippen LogP contribution in [0.3, 0.4) is 0 Å². The summed E-state index contributed by atoms with van der Waals surface area (Å²) in [6.45, 7) is 0. The van der Waals surface area contributed by atoms with E-state index in [2.05, 4.69) is 0 Å². The molecule has 0 saturated heterocycles. The van der Waals surface area contributed by atoms with Gasteiger partial charge in [-0.15, -0.1) is 0 Å². The Morgan fingerprint density at radius 2 is 2.12 bits per heavy atom. The first-order valence-electron chi connectivity index (χ1n) is 4.36. The van der Waals surface area contributed by atoms with Crippen LogP contribution < -0.4 is 5.32 Å². The zero-order valence-electron chi connectivity index (χ0n) is 8.34. The number of benzene rings is 1. The van der Waals surface area contributed by atoms with E-state index in [4.69, 9.17) is 5.11 Å². The Labute approximate surface area is 94.0 Å². The molecule has 0 atom stereocenters. The van der Waals surface area contributed by atoms with Crippen molar-refractivity contribution >= 4 is 23.3 Å². The van der Waals surface area contributed by atoms with Crippen LogP contribution in [0.2, 0.25) is 0 Å². The van der Waals surface area contributed by atoms with Gasteiger partial charge in [0.15, 0.2) is 11.5 Å². The molecule has 17 heavy (non-hydrogen) atoms. The molecule has 1 rings (SSSR count). The normalized spacial score (nSPS) is 9.71. The molecule has 0 radical (unpaired) electrons. The number of hydrogen-bond donors (Lipinski definition) is 2. The number of nitrogens with zero attached hydrogens (tertiary/aromatic N) is 1. The van der Waals surface area contributed by atoms with Crippen molar-refractivity contribution in [3.63, 3.8) is 0 Å². The van der Waals surface area contributed by atoms with Crippen LogP contribution in [0.15, 0.2) is 18.2 Å². The van der Waals surface area contributed by atoms with Crippen LogP contribution in [0.1, 0.15) is 6.42 Å². The summed E-state index contributed by atoms with van der Waals surface area (Å²) in [4.78, 5) is 31.0. The Bertz CT molecular complexity index is 488. The van der Waals surface area contributed by atoms with Crippen LogP contribution in [0, 0.1) is 15.9 Å². The third kappa shape index (κ3) is 3.23. The molecule has 0 spiro atoms. The van der Waals surface area contributed by atoms with Crippen molar-refractivity contribution in [2.45, 2.75) is 6.42 Å². The minimum atomic E-state index is -1.42. The lowest BCUT2D eigenvalue weighted by atomic mass is 10.2. The maximum atomic E-state index is 13.2. The third-order valence-electron chi connectivity index (χ3n) is 1.76. The van der Waals surface area contributed by atoms with E-state index in [1.165, 1.54) is 0 Å². The maximum absolute atomic E-state index is 13.2. The molecule has 0 aromatic heterocycles. The quantitative estimate of drug-likeness (QED) is 0.467. The van der Waals surface area contributed by atoms with E-state index >= 15 is 0 Å². The van der Waals surface area contributed by atoms with Gasteiger partial charge in [0.2, 0.25) is 5.91 Å². The molecule has 1 aromatic carbocycles. The standard InChI is InChI=1S/C9H7FN2O5/c10-5-2-1-3-6(12(16)17)9(5)11-7(13)4-8(14)15/h1-3H,4H2,(H,11,13)(H,14,15). The first-order chi connectivity index (χ1) is 7.91. The van der Waals surface area contributed by atoms with E-state index in [0.717, 1.165) is 18.2 Å². The Hall–Kier alpha value is -2.51. The topological polar surface area (TPSA) is 110 Å². The number of nitro groups is 1. The summed E-state index contributed by atoms with van der Waals surface area (Å²) in [5.74, 6) is -3.45. The minimum Gasteiger partial charge on any atom is -0.481 e. The molecule has 0 unspecified atom stereocenters. The van der Waals surface area contributed by atoms with Gasteiger partial charge in [0.05, 0.1) is 4.92 Å². The number of nitro benzene ring substituents is 1. The second-order valence-corrected chi connectivity index (χ2v) is 3.01. The Balaban J connectivity index is 3.01. The fourth-order valence-electron chi connectivity index (χ4n) is 1.11. The fourth-order valence-corrected chi connectivity index (χ4v) is 1.11. The third-order valence-corrected chi connectivity index (χ3v) is 1.76. The SMILES string of the molecule is O=C(O)CC(=O)Nc1c(F)cccc1[N+](=O)[O-]. The van der Waals surface area contributed by atoms with Crippen molar-refractivity contribution in [2.75, 3.05) is 5.32 Å². The molecule has 0 saturated carbocycles. The summed E-state index contributed by atoms with van der Waals surface area (Å²) in [5, 5.41) is 20.7. The van der Waals surface area contributed by atoms with Crippen molar-refractivity contribution in [1.82, 2.24) is 0 Å². The number of amides is 1. The molecule has 0 aliphatic heterocycles. The number of hydrogen-bond acceptors (Lipinski definition) is 4. The van der Waals surface area contributed by atoms with E-state index in [1.807, 2.05) is 5.32 Å². The van der Waals surface area contributed by atoms with Crippen LogP contribution >= 0.6 is 0 Å². The molecular weight excluding hydrogens is 235 g/mol. The second kappa shape index (κ2) is 5.01. The monoisotopic (exact) mass is 242 g/mol. The highest BCUT2D eigenvalue weighted by atomic mass is 19.1. The number of para-hydroxylation sites is 1. The number of halogens is 1. The lowest BCUT2D eigenvalue weighted by Crippen LogP contribution is -2.17. The van der Waals surface area contributed by atoms with Crippen LogP contribution in [0.4, 0.5) is 15.8 Å². The first-order valence-corrected chi connectivity index (χ1v) is 4.36. The smallest absolute Gasteiger partial charge is 0.312 e. The van der Waals surface area contributed by atoms with Gasteiger partial charge in [0.1, 0.15) is 6.42 Å². The predicted octanol–water partition coefficient (Wildman–Crippen LogP) is 1.15. The number of carbonyl (C=O) groups is 2. The van der Waals surface area contributed by atoms with Crippen molar-refractivity contribution in [3.05, 3.63) is 34.1 Å². The van der Waals surface area contributed by atoms with Crippen molar-refractivity contribution in [1.29, 1.82) is 0 Å². The number of carboxylic acid groups (broad SMARTS) is 1. The van der Waals surface area contributed by atoms with Crippen LogP contribution in [0.25, 0.3) is 0 Å². The first kappa shape index (κ1) is 12.6. The summed E-state index contributed by atoms with van der Waals surface area (Å²) in [7, 11) is 0. The van der Waals surface area contributed by atoms with E-state index in [9.17, 15) is 24.1 Å². The lowest BCUT2D eigenvalue weighted by molar-refractivity contribution is -0.384. The van der Waals surface area contributed by atoms with Gasteiger partial charge < -0.3 is 10.4 Å². The average Bonchev–Trinajstić information content (AvgIpc) is 2.19. The number of nitrogens with one attached hydrogen (secondary N) is 1. The van der Waals surface area contributed by atoms with Crippen molar-refractivity contribution < 1.29 is 24.0 Å². The molecular formula is C9H7FN2O5. The summed E-state index contributed by atoms with van der Waals surface area (Å²) in [6, 6.07) is 3.03. The zero-order valence-corrected chi connectivity index (χ0v) is 8.34. The molecule has 0 bridgehead atoms. The highest BCUT2D eigenvalue weighted by Gasteiger charge is 2.20. The average molecular weight is 242 g/mol. The van der Waals surface area contributed by atoms with Gasteiger partial charge in [-0.25, -0.2) is 4.39 Å².